The van der Waals surface area contributed by atoms with Crippen LogP contribution in [0.2, 0.25) is 0 Å². The Labute approximate surface area is 272 Å². The molecule has 5 rings (SSSR count). The monoisotopic (exact) mass is 778 g/mol. The minimum atomic E-state index is 0. The van der Waals surface area contributed by atoms with Crippen LogP contribution >= 0.6 is 48.8 Å². The normalized spacial score (nSPS) is 10.6. The molecule has 0 atom stereocenters. The number of benzene rings is 5. The van der Waals surface area contributed by atoms with E-state index in [9.17, 15) is 0 Å². The SMILES string of the molecule is Br.Brc1c2cc3ccccc3cc2[c]c2cc3ccccc3cc12.CCP(CC)CC.CC[PH+](CC)CC.[Pd]. The van der Waals surface area contributed by atoms with Crippen molar-refractivity contribution in [2.75, 3.05) is 37.0 Å². The fraction of sp³-hybridized carbons (Fsp3) is 0.353. The predicted molar refractivity (Wildman–Crippen MR) is 192 cm³/mol. The second kappa shape index (κ2) is 18.9. The first-order chi connectivity index (χ1) is 18.0. The minimum Gasteiger partial charge on any atom is -0.114 e. The molecule has 0 aliphatic rings. The summed E-state index contributed by atoms with van der Waals surface area (Å²) in [7, 11) is 0.583. The van der Waals surface area contributed by atoms with Crippen molar-refractivity contribution < 1.29 is 20.4 Å². The zero-order valence-corrected chi connectivity index (χ0v) is 31.0. The molecule has 1 radical (unpaired) electrons. The summed E-state index contributed by atoms with van der Waals surface area (Å²) >= 11 is 3.83. The molecule has 5 aromatic carbocycles. The van der Waals surface area contributed by atoms with Gasteiger partial charge in [-0.25, -0.2) is 0 Å². The Morgan fingerprint density at radius 3 is 1.21 bits per heavy atom. The molecule has 0 amide bonds. The zero-order chi connectivity index (χ0) is 26.8. The van der Waals surface area contributed by atoms with Gasteiger partial charge in [0, 0.05) is 24.9 Å². The summed E-state index contributed by atoms with van der Waals surface area (Å²) in [4.78, 5) is 0. The van der Waals surface area contributed by atoms with Gasteiger partial charge in [-0.1, -0.05) is 69.3 Å². The molecule has 0 saturated heterocycles. The van der Waals surface area contributed by atoms with Crippen molar-refractivity contribution in [1.29, 1.82) is 0 Å². The zero-order valence-electron chi connectivity index (χ0n) is 24.2. The van der Waals surface area contributed by atoms with E-state index in [1.807, 2.05) is 0 Å². The Morgan fingerprint density at radius 1 is 0.615 bits per heavy atom. The van der Waals surface area contributed by atoms with Crippen LogP contribution in [0.25, 0.3) is 43.1 Å². The third-order valence-corrected chi connectivity index (χ3v) is 13.9. The minimum absolute atomic E-state index is 0. The first kappa shape index (κ1) is 36.6. The number of halogens is 2. The molecule has 39 heavy (non-hydrogen) atoms. The molecule has 0 nitrogen and oxygen atoms in total. The van der Waals surface area contributed by atoms with Gasteiger partial charge >= 0.3 is 0 Å². The third-order valence-electron chi connectivity index (χ3n) is 7.36. The molecule has 0 aromatic heterocycles. The molecule has 0 bridgehead atoms. The van der Waals surface area contributed by atoms with Crippen molar-refractivity contribution in [1.82, 2.24) is 0 Å². The Hall–Kier alpha value is -0.378. The molecule has 0 saturated carbocycles. The van der Waals surface area contributed by atoms with Gasteiger partial charge < -0.3 is 0 Å². The van der Waals surface area contributed by atoms with Crippen LogP contribution in [0.3, 0.4) is 0 Å². The van der Waals surface area contributed by atoms with Crippen LogP contribution in [0, 0.1) is 6.07 Å². The van der Waals surface area contributed by atoms with E-state index in [4.69, 9.17) is 0 Å². The van der Waals surface area contributed by atoms with E-state index in [0.717, 1.165) is 15.2 Å². The number of hydrogen-bond acceptors (Lipinski definition) is 0. The van der Waals surface area contributed by atoms with Crippen molar-refractivity contribution in [2.24, 2.45) is 0 Å². The van der Waals surface area contributed by atoms with E-state index in [1.165, 1.54) is 69.3 Å². The third kappa shape index (κ3) is 9.85. The van der Waals surface area contributed by atoms with Gasteiger partial charge in [-0.15, -0.1) is 24.9 Å². The van der Waals surface area contributed by atoms with E-state index >= 15 is 0 Å². The quantitative estimate of drug-likeness (QED) is 0.0915. The van der Waals surface area contributed by atoms with Gasteiger partial charge in [-0.05, 0) is 137 Å². The maximum absolute atomic E-state index is 3.83. The van der Waals surface area contributed by atoms with Crippen LogP contribution in [0.15, 0.2) is 77.3 Å². The summed E-state index contributed by atoms with van der Waals surface area (Å²) in [5.41, 5.74) is 0. The average molecular weight is 781 g/mol. The Morgan fingerprint density at radius 2 is 0.949 bits per heavy atom. The van der Waals surface area contributed by atoms with Gasteiger partial charge in [0.2, 0.25) is 0 Å². The summed E-state index contributed by atoms with van der Waals surface area (Å²) in [5, 5.41) is 9.75. The molecule has 0 aliphatic heterocycles. The van der Waals surface area contributed by atoms with E-state index in [1.54, 1.807) is 0 Å². The molecule has 0 spiro atoms. The summed E-state index contributed by atoms with van der Waals surface area (Å²) < 4.78 is 1.15. The standard InChI is InChI=1S/C22H12Br.2C6H15P.BrH.Pd/c23-22-20-12-16-7-3-1-5-14(16)9-18(20)11-19-10-15-6-2-4-8-17(15)13-21(19)22;2*1-4-7(5-2)6-3;;/h1-10,12-13H;2*4-6H2,1-3H3;1H;/p+1. The van der Waals surface area contributed by atoms with Crippen LogP contribution in [-0.2, 0) is 20.4 Å². The topological polar surface area (TPSA) is 0 Å². The number of rotatable bonds is 6. The van der Waals surface area contributed by atoms with Crippen molar-refractivity contribution >= 4 is 91.8 Å². The molecule has 5 aromatic rings. The van der Waals surface area contributed by atoms with E-state index in [0.29, 0.717) is 7.92 Å². The van der Waals surface area contributed by atoms with Crippen molar-refractivity contribution in [3.8, 4) is 0 Å². The fourth-order valence-electron chi connectivity index (χ4n) is 4.76. The molecule has 0 aliphatic carbocycles. The van der Waals surface area contributed by atoms with Gasteiger partial charge in [-0.3, -0.25) is 0 Å². The molecular formula is C34H44Br2P2Pd+. The first-order valence-electron chi connectivity index (χ1n) is 13.9. The molecule has 5 heteroatoms. The average Bonchev–Trinajstić information content (AvgIpc) is 2.94. The van der Waals surface area contributed by atoms with Gasteiger partial charge in [0.05, 0.1) is 18.5 Å². The van der Waals surface area contributed by atoms with Crippen LogP contribution in [0.5, 0.6) is 0 Å². The smallest absolute Gasteiger partial charge is 0.0543 e. The van der Waals surface area contributed by atoms with Crippen LogP contribution < -0.4 is 0 Å². The van der Waals surface area contributed by atoms with Crippen molar-refractivity contribution in [3.05, 3.63) is 83.3 Å². The summed E-state index contributed by atoms with van der Waals surface area (Å²) in [6, 6.07) is 29.5. The fourth-order valence-corrected chi connectivity index (χ4v) is 8.26. The van der Waals surface area contributed by atoms with E-state index < -0.39 is 0 Å². The maximum atomic E-state index is 3.83. The van der Waals surface area contributed by atoms with Crippen LogP contribution in [0.1, 0.15) is 41.5 Å². The Kier molecular flexibility index (Phi) is 17.8. The number of fused-ring (bicyclic) bond motifs is 4. The Bertz CT molecular complexity index is 1310. The maximum Gasteiger partial charge on any atom is 0.0543 e. The van der Waals surface area contributed by atoms with Gasteiger partial charge in [-0.2, -0.15) is 0 Å². The molecule has 0 fully saturated rings. The second-order valence-corrected chi connectivity index (χ2v) is 17.0. The van der Waals surface area contributed by atoms with Gasteiger partial charge in [0.25, 0.3) is 0 Å². The van der Waals surface area contributed by atoms with Crippen molar-refractivity contribution in [2.45, 2.75) is 41.5 Å². The molecule has 0 unspecified atom stereocenters. The van der Waals surface area contributed by atoms with Crippen LogP contribution in [-0.4, -0.2) is 37.0 Å². The van der Waals surface area contributed by atoms with Gasteiger partial charge in [0.1, 0.15) is 0 Å². The van der Waals surface area contributed by atoms with Crippen molar-refractivity contribution in [3.63, 3.8) is 0 Å². The largest absolute Gasteiger partial charge is 0.114 e. The molecule has 0 heterocycles. The summed E-state index contributed by atoms with van der Waals surface area (Å²) in [6.07, 6.45) is 8.63. The first-order valence-corrected chi connectivity index (χ1v) is 18.7. The molecule has 0 N–H and O–H groups in total. The number of hydrogen-bond donors (Lipinski definition) is 0. The van der Waals surface area contributed by atoms with E-state index in [-0.39, 0.29) is 45.3 Å². The Balaban J connectivity index is 0.000000402. The molecular weight excluding hydrogens is 737 g/mol. The summed E-state index contributed by atoms with van der Waals surface area (Å²) in [6.45, 7) is 13.8. The second-order valence-electron chi connectivity index (χ2n) is 9.36. The molecule has 213 valence electrons. The van der Waals surface area contributed by atoms with Crippen LogP contribution in [0.4, 0.5) is 0 Å². The van der Waals surface area contributed by atoms with E-state index in [2.05, 4.69) is 136 Å². The summed E-state index contributed by atoms with van der Waals surface area (Å²) in [5.74, 6) is 0. The van der Waals surface area contributed by atoms with Gasteiger partial charge in [0.15, 0.2) is 0 Å². The predicted octanol–water partition coefficient (Wildman–Crippen LogP) is 12.2.